The Bertz CT molecular complexity index is 966. The summed E-state index contributed by atoms with van der Waals surface area (Å²) in [6.07, 6.45) is 6.07. The van der Waals surface area contributed by atoms with Crippen LogP contribution in [0.3, 0.4) is 0 Å². The fraction of sp³-hybridized carbons (Fsp3) is 0.400. The van der Waals surface area contributed by atoms with Gasteiger partial charge >= 0.3 is 0 Å². The van der Waals surface area contributed by atoms with E-state index in [-0.39, 0.29) is 17.6 Å². The number of rotatable bonds is 5. The number of hydrogen-bond donors (Lipinski definition) is 1. The molecule has 1 aliphatic rings. The summed E-state index contributed by atoms with van der Waals surface area (Å²) in [6, 6.07) is 6.34. The monoisotopic (exact) mass is 382 g/mol. The van der Waals surface area contributed by atoms with Gasteiger partial charge in [-0.05, 0) is 43.5 Å². The number of anilines is 1. The van der Waals surface area contributed by atoms with E-state index in [1.165, 1.54) is 18.5 Å². The first-order valence-electron chi connectivity index (χ1n) is 9.56. The highest BCUT2D eigenvalue weighted by Crippen LogP contribution is 2.32. The van der Waals surface area contributed by atoms with E-state index in [2.05, 4.69) is 15.1 Å². The molecule has 3 aromatic rings. The number of pyridine rings is 1. The fourth-order valence-electron chi connectivity index (χ4n) is 3.81. The summed E-state index contributed by atoms with van der Waals surface area (Å²) in [4.78, 5) is 22.9. The molecule has 1 aromatic carbocycles. The zero-order chi connectivity index (χ0) is 19.5. The van der Waals surface area contributed by atoms with E-state index >= 15 is 0 Å². The molecule has 0 bridgehead atoms. The summed E-state index contributed by atoms with van der Waals surface area (Å²) in [5.41, 5.74) is 8.39. The van der Waals surface area contributed by atoms with Crippen molar-refractivity contribution in [2.75, 3.05) is 18.8 Å². The zero-order valence-corrected chi connectivity index (χ0v) is 15.6. The molecule has 3 heterocycles. The predicted octanol–water partition coefficient (Wildman–Crippen LogP) is 2.73. The number of nitrogens with two attached hydrogens (primary N) is 1. The molecule has 4 rings (SSSR count). The van der Waals surface area contributed by atoms with Crippen molar-refractivity contribution in [2.45, 2.75) is 38.1 Å². The second-order valence-electron chi connectivity index (χ2n) is 7.22. The summed E-state index contributed by atoms with van der Waals surface area (Å²) in [7, 11) is 0. The molecule has 1 aliphatic heterocycles. The average Bonchev–Trinajstić information content (AvgIpc) is 3.21. The molecule has 1 saturated heterocycles. The van der Waals surface area contributed by atoms with Gasteiger partial charge in [-0.15, -0.1) is 0 Å². The molecule has 2 aromatic heterocycles. The molecule has 146 valence electrons. The molecule has 7 nitrogen and oxygen atoms in total. The summed E-state index contributed by atoms with van der Waals surface area (Å²) in [5, 5.41) is 4.75. The van der Waals surface area contributed by atoms with Crippen molar-refractivity contribution in [1.29, 1.82) is 0 Å². The third-order valence-corrected chi connectivity index (χ3v) is 5.32. The van der Waals surface area contributed by atoms with Crippen LogP contribution in [-0.2, 0) is 11.3 Å². The fourth-order valence-corrected chi connectivity index (χ4v) is 3.81. The van der Waals surface area contributed by atoms with Gasteiger partial charge in [-0.1, -0.05) is 0 Å². The topological polar surface area (TPSA) is 89.9 Å². The number of amides is 1. The van der Waals surface area contributed by atoms with Gasteiger partial charge in [0.2, 0.25) is 5.91 Å². The largest absolute Gasteiger partial charge is 0.397 e. The number of fused-ring (bicyclic) bond motifs is 1. The Labute approximate surface area is 162 Å². The van der Waals surface area contributed by atoms with Crippen LogP contribution in [0.4, 0.5) is 10.1 Å². The number of carbonyl (C=O) groups excluding carboxylic acids is 1. The van der Waals surface area contributed by atoms with E-state index in [1.807, 2.05) is 4.90 Å². The van der Waals surface area contributed by atoms with Gasteiger partial charge in [0, 0.05) is 37.4 Å². The Morgan fingerprint density at radius 1 is 1.25 bits per heavy atom. The molecule has 0 spiro atoms. The minimum Gasteiger partial charge on any atom is -0.397 e. The molecular formula is C20H23FN6O. The van der Waals surface area contributed by atoms with Crippen LogP contribution in [0.25, 0.3) is 10.9 Å². The first-order chi connectivity index (χ1) is 13.6. The van der Waals surface area contributed by atoms with Gasteiger partial charge in [-0.3, -0.25) is 14.5 Å². The molecule has 0 aliphatic carbocycles. The number of piperidine rings is 1. The van der Waals surface area contributed by atoms with Gasteiger partial charge in [-0.2, -0.15) is 5.10 Å². The Hall–Kier alpha value is -3.03. The number of aromatic nitrogens is 4. The van der Waals surface area contributed by atoms with Gasteiger partial charge in [0.25, 0.3) is 0 Å². The van der Waals surface area contributed by atoms with E-state index in [4.69, 9.17) is 5.73 Å². The van der Waals surface area contributed by atoms with Gasteiger partial charge in [0.1, 0.15) is 18.5 Å². The van der Waals surface area contributed by atoms with Crippen LogP contribution in [0.5, 0.6) is 0 Å². The lowest BCUT2D eigenvalue weighted by Crippen LogP contribution is -2.38. The number of aryl methyl sites for hydroxylation is 1. The number of nitrogen functional groups attached to an aromatic ring is 1. The van der Waals surface area contributed by atoms with Crippen molar-refractivity contribution >= 4 is 22.5 Å². The van der Waals surface area contributed by atoms with Crippen molar-refractivity contribution in [1.82, 2.24) is 24.6 Å². The number of halogens is 1. The lowest BCUT2D eigenvalue weighted by molar-refractivity contribution is -0.132. The zero-order valence-electron chi connectivity index (χ0n) is 15.6. The quantitative estimate of drug-likeness (QED) is 0.733. The van der Waals surface area contributed by atoms with Crippen LogP contribution in [-0.4, -0.2) is 43.6 Å². The van der Waals surface area contributed by atoms with E-state index in [0.717, 1.165) is 30.5 Å². The summed E-state index contributed by atoms with van der Waals surface area (Å²) in [5.74, 6) is 0.0965. The average molecular weight is 382 g/mol. The van der Waals surface area contributed by atoms with Gasteiger partial charge in [0.15, 0.2) is 0 Å². The second kappa shape index (κ2) is 7.92. The Morgan fingerprint density at radius 3 is 2.82 bits per heavy atom. The second-order valence-corrected chi connectivity index (χ2v) is 7.22. The van der Waals surface area contributed by atoms with Crippen LogP contribution >= 0.6 is 0 Å². The first kappa shape index (κ1) is 18.3. The standard InChI is InChI=1S/C20H23FN6O/c21-16-3-4-18-15(10-16)11-17(22)20(25-18)14-5-8-26(9-6-14)19(28)2-1-7-27-13-23-12-24-27/h3-4,10-14H,1-2,5-9,22H2. The van der Waals surface area contributed by atoms with Crippen molar-refractivity contribution in [2.24, 2.45) is 0 Å². The molecule has 1 amide bonds. The Morgan fingerprint density at radius 2 is 2.07 bits per heavy atom. The van der Waals surface area contributed by atoms with Crippen LogP contribution in [0.15, 0.2) is 36.9 Å². The SMILES string of the molecule is Nc1cc2cc(F)ccc2nc1C1CCN(C(=O)CCCn2cncn2)CC1. The number of hydrogen-bond acceptors (Lipinski definition) is 5. The first-order valence-corrected chi connectivity index (χ1v) is 9.56. The third kappa shape index (κ3) is 3.95. The molecule has 1 fully saturated rings. The maximum Gasteiger partial charge on any atom is 0.222 e. The van der Waals surface area contributed by atoms with E-state index in [1.54, 1.807) is 23.1 Å². The summed E-state index contributed by atoms with van der Waals surface area (Å²) < 4.78 is 15.1. The minimum absolute atomic E-state index is 0.175. The van der Waals surface area contributed by atoms with Crippen LogP contribution in [0, 0.1) is 5.82 Å². The number of nitrogens with zero attached hydrogens (tertiary/aromatic N) is 5. The highest BCUT2D eigenvalue weighted by Gasteiger charge is 2.26. The van der Waals surface area contributed by atoms with Crippen LogP contribution < -0.4 is 5.73 Å². The van der Waals surface area contributed by atoms with Crippen LogP contribution in [0.2, 0.25) is 0 Å². The van der Waals surface area contributed by atoms with Gasteiger partial charge in [0.05, 0.1) is 16.9 Å². The van der Waals surface area contributed by atoms with Crippen LogP contribution in [0.1, 0.15) is 37.3 Å². The highest BCUT2D eigenvalue weighted by molar-refractivity contribution is 5.82. The Kier molecular flexibility index (Phi) is 5.18. The molecule has 2 N–H and O–H groups in total. The number of likely N-dealkylation sites (tertiary alicyclic amines) is 1. The molecule has 0 radical (unpaired) electrons. The smallest absolute Gasteiger partial charge is 0.222 e. The molecule has 0 unspecified atom stereocenters. The van der Waals surface area contributed by atoms with Gasteiger partial charge in [-0.25, -0.2) is 9.37 Å². The lowest BCUT2D eigenvalue weighted by Gasteiger charge is -2.32. The predicted molar refractivity (Wildman–Crippen MR) is 104 cm³/mol. The lowest BCUT2D eigenvalue weighted by atomic mass is 9.91. The number of benzene rings is 1. The third-order valence-electron chi connectivity index (χ3n) is 5.32. The van der Waals surface area contributed by atoms with Crippen molar-refractivity contribution < 1.29 is 9.18 Å². The maximum atomic E-state index is 13.4. The summed E-state index contributed by atoms with van der Waals surface area (Å²) in [6.45, 7) is 2.10. The van der Waals surface area contributed by atoms with E-state index in [9.17, 15) is 9.18 Å². The van der Waals surface area contributed by atoms with Gasteiger partial charge < -0.3 is 10.6 Å². The van der Waals surface area contributed by atoms with Crippen molar-refractivity contribution in [3.8, 4) is 0 Å². The minimum atomic E-state index is -0.294. The Balaban J connectivity index is 1.34. The summed E-state index contributed by atoms with van der Waals surface area (Å²) >= 11 is 0. The van der Waals surface area contributed by atoms with Crippen molar-refractivity contribution in [3.05, 3.63) is 48.4 Å². The molecule has 8 heteroatoms. The molecule has 28 heavy (non-hydrogen) atoms. The highest BCUT2D eigenvalue weighted by atomic mass is 19.1. The van der Waals surface area contributed by atoms with E-state index in [0.29, 0.717) is 37.1 Å². The number of carbonyl (C=O) groups is 1. The molecule has 0 atom stereocenters. The van der Waals surface area contributed by atoms with E-state index < -0.39 is 0 Å². The normalized spacial score (nSPS) is 15.2. The molecule has 0 saturated carbocycles. The molecular weight excluding hydrogens is 359 g/mol. The maximum absolute atomic E-state index is 13.4. The van der Waals surface area contributed by atoms with Crippen molar-refractivity contribution in [3.63, 3.8) is 0 Å².